The van der Waals surface area contributed by atoms with Gasteiger partial charge in [-0.25, -0.2) is 0 Å². The molecule has 0 atom stereocenters. The van der Waals surface area contributed by atoms with Gasteiger partial charge >= 0.3 is 89.5 Å². The number of fused-ring (bicyclic) bond motifs is 8. The van der Waals surface area contributed by atoms with Gasteiger partial charge in [-0.2, -0.15) is 0 Å². The lowest BCUT2D eigenvalue weighted by atomic mass is 9.92. The molecule has 3 heterocycles. The van der Waals surface area contributed by atoms with E-state index >= 15 is 0 Å². The maximum absolute atomic E-state index is 8.53. The molecule has 0 aromatic heterocycles. The number of benzene rings is 16. The quantitative estimate of drug-likeness (QED) is 0.0408. The Morgan fingerprint density at radius 2 is 0.465 bits per heavy atom. The molecular weight excluding hydrogens is 1590 g/mol. The summed E-state index contributed by atoms with van der Waals surface area (Å²) in [6, 6.07) is 121. The van der Waals surface area contributed by atoms with Crippen LogP contribution in [0.2, 0.25) is 25.2 Å². The largest absolute Gasteiger partial charge is 0.510 e. The van der Waals surface area contributed by atoms with E-state index in [4.69, 9.17) is 58.9 Å². The first-order chi connectivity index (χ1) is 56.0. The Bertz CT molecular complexity index is 5350. The lowest BCUT2D eigenvalue weighted by Gasteiger charge is -2.51. The molecule has 19 rings (SSSR count). The van der Waals surface area contributed by atoms with Gasteiger partial charge in [-0.05, 0) is 135 Å². The topological polar surface area (TPSA) is 129 Å². The van der Waals surface area contributed by atoms with Crippen molar-refractivity contribution in [3.05, 3.63) is 363 Å². The second kappa shape index (κ2) is 32.4. The van der Waals surface area contributed by atoms with Crippen molar-refractivity contribution in [1.82, 2.24) is 0 Å². The van der Waals surface area contributed by atoms with Crippen molar-refractivity contribution < 1.29 is 58.9 Å². The Morgan fingerprint density at radius 1 is 0.237 bits per heavy atom. The van der Waals surface area contributed by atoms with Crippen LogP contribution < -0.4 is 41.5 Å². The Kier molecular flexibility index (Phi) is 21.4. The minimum absolute atomic E-state index is 0.322. The molecular formula is C90H80O14Si10. The Morgan fingerprint density at radius 3 is 0.728 bits per heavy atom. The minimum atomic E-state index is -4.68. The number of hydrogen-bond donors (Lipinski definition) is 0. The van der Waals surface area contributed by atoms with E-state index in [1.807, 2.05) is 243 Å². The van der Waals surface area contributed by atoms with Gasteiger partial charge in [0.05, 0.1) is 13.2 Å². The molecule has 0 N–H and O–H groups in total. The minimum Gasteiger partial charge on any atom is -0.391 e. The van der Waals surface area contributed by atoms with Gasteiger partial charge in [0.2, 0.25) is 0 Å². The third-order valence-electron chi connectivity index (χ3n) is 21.4. The van der Waals surface area contributed by atoms with Gasteiger partial charge in [-0.3, -0.25) is 0 Å². The fourth-order valence-electron chi connectivity index (χ4n) is 15.9. The van der Waals surface area contributed by atoms with Crippen molar-refractivity contribution in [2.75, 3.05) is 13.2 Å². The zero-order valence-electron chi connectivity index (χ0n) is 62.9. The zero-order valence-corrected chi connectivity index (χ0v) is 72.9. The lowest BCUT2D eigenvalue weighted by Crippen LogP contribution is -2.80. The van der Waals surface area contributed by atoms with E-state index in [1.54, 1.807) is 0 Å². The molecule has 14 nitrogen and oxygen atoms in total. The van der Waals surface area contributed by atoms with Crippen molar-refractivity contribution >= 4 is 196 Å². The maximum Gasteiger partial charge on any atom is 0.510 e. The van der Waals surface area contributed by atoms with E-state index in [2.05, 4.69) is 122 Å². The van der Waals surface area contributed by atoms with Crippen LogP contribution in [0.4, 0.5) is 0 Å². The Labute approximate surface area is 676 Å². The van der Waals surface area contributed by atoms with E-state index in [-0.39, 0.29) is 0 Å². The van der Waals surface area contributed by atoms with Crippen molar-refractivity contribution in [2.24, 2.45) is 0 Å². The third-order valence-corrected chi connectivity index (χ3v) is 57.0. The first-order valence-electron chi connectivity index (χ1n) is 38.7. The number of ether oxygens (including phenoxy) is 2. The van der Waals surface area contributed by atoms with Crippen LogP contribution in [0.3, 0.4) is 0 Å². The highest BCUT2D eigenvalue weighted by atomic mass is 28.6. The average molecular weight is 1670 g/mol. The van der Waals surface area contributed by atoms with Crippen LogP contribution in [0.5, 0.6) is 0 Å². The molecule has 114 heavy (non-hydrogen) atoms. The summed E-state index contributed by atoms with van der Waals surface area (Å²) in [4.78, 5) is 0. The molecule has 4 radical (unpaired) electrons. The van der Waals surface area contributed by atoms with Gasteiger partial charge < -0.3 is 58.9 Å². The molecule has 0 unspecified atom stereocenters. The summed E-state index contributed by atoms with van der Waals surface area (Å²) in [5, 5.41) is 20.3. The molecule has 0 spiro atoms. The summed E-state index contributed by atoms with van der Waals surface area (Å²) in [6.07, 6.45) is 0.939. The summed E-state index contributed by atoms with van der Waals surface area (Å²) in [5.41, 5.74) is 2.19. The molecule has 564 valence electrons. The fraction of sp³-hybridized carbons (Fsp3) is 0.111. The van der Waals surface area contributed by atoms with Crippen LogP contribution in [-0.2, 0) is 72.1 Å². The molecule has 0 amide bonds. The van der Waals surface area contributed by atoms with Gasteiger partial charge in [-0.1, -0.05) is 352 Å². The van der Waals surface area contributed by atoms with Crippen molar-refractivity contribution in [3.63, 3.8) is 0 Å². The summed E-state index contributed by atoms with van der Waals surface area (Å²) >= 11 is 0. The van der Waals surface area contributed by atoms with Gasteiger partial charge in [0, 0.05) is 34.0 Å². The second-order valence-electron chi connectivity index (χ2n) is 29.3. The lowest BCUT2D eigenvalue weighted by molar-refractivity contribution is 0.115. The van der Waals surface area contributed by atoms with Gasteiger partial charge in [0.15, 0.2) is 0 Å². The smallest absolute Gasteiger partial charge is 0.391 e. The molecule has 3 saturated heterocycles. The van der Waals surface area contributed by atoms with Crippen molar-refractivity contribution in [3.8, 4) is 0 Å². The summed E-state index contributed by atoms with van der Waals surface area (Å²) in [7, 11) is -39.0. The van der Waals surface area contributed by atoms with Gasteiger partial charge in [0.25, 0.3) is 0 Å². The van der Waals surface area contributed by atoms with Crippen LogP contribution in [-0.4, -0.2) is 103 Å². The van der Waals surface area contributed by atoms with Gasteiger partial charge in [0.1, 0.15) is 0 Å². The molecule has 16 aromatic carbocycles. The number of rotatable bonds is 20. The average Bonchev–Trinajstić information content (AvgIpc) is 0.737. The maximum atomic E-state index is 8.53. The predicted octanol–water partition coefficient (Wildman–Crippen LogP) is 14.3. The van der Waals surface area contributed by atoms with E-state index in [9.17, 15) is 0 Å². The molecule has 3 aliphatic heterocycles. The molecule has 0 aliphatic carbocycles. The summed E-state index contributed by atoms with van der Waals surface area (Å²) < 4.78 is 115. The first kappa shape index (κ1) is 75.3. The van der Waals surface area contributed by atoms with E-state index in [0.717, 1.165) is 42.6 Å². The van der Waals surface area contributed by atoms with Crippen LogP contribution in [0.1, 0.15) is 24.0 Å². The standard InChI is InChI=1S/C90H80O14Si10/c1-109(65-29-63-91-67-75-57-55-73-53-51-69-31-27-33-71-59-61-85(75)89(73)87(69)71)101-111(81-43-19-7-20-44-81)93-105(77-35-11-3-12-36-77)97-113(83-47-23-9-24-48-83,98-106(94-111)78-37-13-4-14-38-78)103-110(2,66-30-64-92-68-76-58-56-74-54-52-70-32-28-34-72-60-62-86(76)90(74)88(70)72)104-114(84-49-25-10-26-50-84)99-107(79-39-15-5-16-40-79)95-112(102-109,82-45-21-8-22-46-82)96-108(100-114)80-41-17-6-18-42-80/h3-28,31-62H,29-30,63-68H2,1-2H3. The second-order valence-corrected chi connectivity index (χ2v) is 56.0. The molecule has 3 aliphatic rings. The normalized spacial score (nSPS) is 23.2. The van der Waals surface area contributed by atoms with E-state index < -0.39 is 89.5 Å². The molecule has 0 saturated carbocycles. The van der Waals surface area contributed by atoms with Crippen LogP contribution in [0.15, 0.2) is 352 Å². The van der Waals surface area contributed by atoms with Crippen LogP contribution in [0, 0.1) is 0 Å². The molecule has 3 fully saturated rings. The highest BCUT2D eigenvalue weighted by Gasteiger charge is 2.68. The molecule has 4 bridgehead atoms. The zero-order chi connectivity index (χ0) is 76.6. The fourth-order valence-corrected chi connectivity index (χ4v) is 59.5. The SMILES string of the molecule is C[Si]1(CCCOCc2ccc3ccc4cccc5ccc2c3c45)O[Si]2(c3ccccc3)O[Si](c3ccccc3)O[Si](c3ccccc3)(O[Si](c3ccccc3)O2)O[Si](C)(CCCOCc2ccc3ccc4cccc5ccc2c3c45)O[Si]2(c3ccccc3)O[Si](c3ccccc3)O[Si](c3ccccc3)(O[Si](c3ccccc3)O2)O1. The van der Waals surface area contributed by atoms with Crippen LogP contribution in [0.25, 0.3) is 64.6 Å². The van der Waals surface area contributed by atoms with Gasteiger partial charge in [-0.15, -0.1) is 0 Å². The van der Waals surface area contributed by atoms with E-state index in [0.29, 0.717) is 72.1 Å². The van der Waals surface area contributed by atoms with E-state index in [1.165, 1.54) is 53.9 Å². The highest BCUT2D eigenvalue weighted by molar-refractivity contribution is 7.03. The number of hydrogen-bond acceptors (Lipinski definition) is 14. The Balaban J connectivity index is 0.799. The van der Waals surface area contributed by atoms with Crippen LogP contribution >= 0.6 is 0 Å². The van der Waals surface area contributed by atoms with Crippen molar-refractivity contribution in [1.29, 1.82) is 0 Å². The predicted molar refractivity (Wildman–Crippen MR) is 469 cm³/mol. The summed E-state index contributed by atoms with van der Waals surface area (Å²) in [5.74, 6) is 0. The molecule has 16 aromatic rings. The molecule has 24 heteroatoms. The first-order valence-corrected chi connectivity index (χ1v) is 55.9. The Hall–Kier alpha value is -8.79. The monoisotopic (exact) mass is 1660 g/mol. The van der Waals surface area contributed by atoms with Crippen molar-refractivity contribution in [2.45, 2.75) is 51.2 Å². The third kappa shape index (κ3) is 15.1. The summed E-state index contributed by atoms with van der Waals surface area (Å²) in [6.45, 7) is 5.59. The highest BCUT2D eigenvalue weighted by Crippen LogP contribution is 2.41.